The van der Waals surface area contributed by atoms with Crippen molar-refractivity contribution in [3.05, 3.63) is 72.1 Å². The molecule has 3 aromatic rings. The highest BCUT2D eigenvalue weighted by Crippen LogP contribution is 2.17. The largest absolute Gasteiger partial charge is 0.497 e. The third-order valence-corrected chi connectivity index (χ3v) is 3.91. The number of nitrogens with zero attached hydrogens (tertiary/aromatic N) is 2. The number of benzene rings is 2. The number of hydrogen-bond acceptors (Lipinski definition) is 4. The average molecular weight is 364 g/mol. The molecule has 1 heterocycles. The van der Waals surface area contributed by atoms with Gasteiger partial charge in [-0.05, 0) is 36.8 Å². The summed E-state index contributed by atoms with van der Waals surface area (Å²) in [7, 11) is 1.66. The molecular weight excluding hydrogens is 340 g/mol. The maximum Gasteiger partial charge on any atom is 0.226 e. The van der Waals surface area contributed by atoms with Crippen molar-refractivity contribution in [3.8, 4) is 17.2 Å². The van der Waals surface area contributed by atoms with Crippen molar-refractivity contribution in [2.45, 2.75) is 20.0 Å². The highest BCUT2D eigenvalue weighted by molar-refractivity contribution is 5.79. The molecule has 3 rings (SSSR count). The van der Waals surface area contributed by atoms with Crippen LogP contribution in [0.25, 0.3) is 11.5 Å². The van der Waals surface area contributed by atoms with Crippen LogP contribution in [0.15, 0.2) is 70.3 Å². The van der Waals surface area contributed by atoms with Gasteiger partial charge in [-0.3, -0.25) is 0 Å². The molecule has 27 heavy (non-hydrogen) atoms. The Morgan fingerprint density at radius 1 is 1.11 bits per heavy atom. The molecule has 0 radical (unpaired) electrons. The lowest BCUT2D eigenvalue weighted by Crippen LogP contribution is -2.36. The van der Waals surface area contributed by atoms with Crippen molar-refractivity contribution in [1.29, 1.82) is 0 Å². The maximum absolute atomic E-state index is 5.57. The standard InChI is InChI=1S/C21H24N4O2/c1-3-22-21(23-13-16-8-7-11-19(12-16)26-2)24-14-18-15-27-20(25-18)17-9-5-4-6-10-17/h4-12,15H,3,13-14H2,1-2H3,(H2,22,23,24). The zero-order chi connectivity index (χ0) is 18.9. The van der Waals surface area contributed by atoms with Gasteiger partial charge in [0.2, 0.25) is 5.89 Å². The van der Waals surface area contributed by atoms with E-state index < -0.39 is 0 Å². The first-order valence-corrected chi connectivity index (χ1v) is 8.93. The molecule has 6 heteroatoms. The van der Waals surface area contributed by atoms with E-state index in [-0.39, 0.29) is 0 Å². The molecular formula is C21H24N4O2. The summed E-state index contributed by atoms with van der Waals surface area (Å²) < 4.78 is 10.8. The van der Waals surface area contributed by atoms with Gasteiger partial charge < -0.3 is 19.8 Å². The lowest BCUT2D eigenvalue weighted by atomic mass is 10.2. The van der Waals surface area contributed by atoms with Gasteiger partial charge in [0.1, 0.15) is 12.0 Å². The molecule has 0 aliphatic carbocycles. The Labute approximate surface area is 159 Å². The summed E-state index contributed by atoms with van der Waals surface area (Å²) in [6.45, 7) is 3.89. The van der Waals surface area contributed by atoms with Gasteiger partial charge in [0.15, 0.2) is 5.96 Å². The van der Waals surface area contributed by atoms with E-state index in [9.17, 15) is 0 Å². The monoisotopic (exact) mass is 364 g/mol. The number of nitrogens with one attached hydrogen (secondary N) is 2. The molecule has 0 bridgehead atoms. The van der Waals surface area contributed by atoms with Crippen LogP contribution in [0.3, 0.4) is 0 Å². The van der Waals surface area contributed by atoms with Crippen LogP contribution >= 0.6 is 0 Å². The van der Waals surface area contributed by atoms with Gasteiger partial charge >= 0.3 is 0 Å². The van der Waals surface area contributed by atoms with E-state index in [0.29, 0.717) is 19.0 Å². The van der Waals surface area contributed by atoms with E-state index in [1.165, 1.54) is 0 Å². The minimum atomic E-state index is 0.528. The molecule has 140 valence electrons. The number of oxazole rings is 1. The lowest BCUT2D eigenvalue weighted by molar-refractivity contribution is 0.414. The van der Waals surface area contributed by atoms with Crippen molar-refractivity contribution in [3.63, 3.8) is 0 Å². The number of aromatic nitrogens is 1. The molecule has 0 spiro atoms. The van der Waals surface area contributed by atoms with Crippen molar-refractivity contribution < 1.29 is 9.15 Å². The van der Waals surface area contributed by atoms with Crippen LogP contribution in [-0.2, 0) is 13.1 Å². The first-order chi connectivity index (χ1) is 13.3. The Hall–Kier alpha value is -3.28. The smallest absolute Gasteiger partial charge is 0.226 e. The fraction of sp³-hybridized carbons (Fsp3) is 0.238. The predicted molar refractivity (Wildman–Crippen MR) is 107 cm³/mol. The van der Waals surface area contributed by atoms with Gasteiger partial charge in [-0.2, -0.15) is 0 Å². The topological polar surface area (TPSA) is 71.7 Å². The summed E-state index contributed by atoms with van der Waals surface area (Å²) in [5.41, 5.74) is 2.86. The number of rotatable bonds is 7. The maximum atomic E-state index is 5.57. The molecule has 0 aliphatic heterocycles. The van der Waals surface area contributed by atoms with Gasteiger partial charge in [0, 0.05) is 12.1 Å². The Balaban J connectivity index is 1.62. The van der Waals surface area contributed by atoms with E-state index >= 15 is 0 Å². The number of methoxy groups -OCH3 is 1. The molecule has 2 N–H and O–H groups in total. The Kier molecular flexibility index (Phi) is 6.46. The van der Waals surface area contributed by atoms with Gasteiger partial charge in [0.05, 0.1) is 25.9 Å². The van der Waals surface area contributed by atoms with Crippen LogP contribution in [0.2, 0.25) is 0 Å². The zero-order valence-corrected chi connectivity index (χ0v) is 15.6. The fourth-order valence-electron chi connectivity index (χ4n) is 2.56. The van der Waals surface area contributed by atoms with Crippen LogP contribution in [0.5, 0.6) is 5.75 Å². The van der Waals surface area contributed by atoms with E-state index in [1.807, 2.05) is 61.5 Å². The van der Waals surface area contributed by atoms with Crippen LogP contribution < -0.4 is 15.4 Å². The summed E-state index contributed by atoms with van der Waals surface area (Å²) >= 11 is 0. The molecule has 0 saturated carbocycles. The molecule has 0 fully saturated rings. The number of aliphatic imine (C=N–C) groups is 1. The fourth-order valence-corrected chi connectivity index (χ4v) is 2.56. The van der Waals surface area contributed by atoms with Crippen LogP contribution in [-0.4, -0.2) is 24.6 Å². The van der Waals surface area contributed by atoms with Gasteiger partial charge in [-0.1, -0.05) is 30.3 Å². The van der Waals surface area contributed by atoms with Crippen molar-refractivity contribution in [1.82, 2.24) is 15.6 Å². The summed E-state index contributed by atoms with van der Waals surface area (Å²) in [6.07, 6.45) is 1.67. The van der Waals surface area contributed by atoms with Gasteiger partial charge in [-0.15, -0.1) is 0 Å². The summed E-state index contributed by atoms with van der Waals surface area (Å²) in [6, 6.07) is 17.7. The molecule has 0 amide bonds. The van der Waals surface area contributed by atoms with Crippen LogP contribution in [0.1, 0.15) is 18.2 Å². The molecule has 0 aliphatic rings. The second-order valence-corrected chi connectivity index (χ2v) is 5.91. The predicted octanol–water partition coefficient (Wildman–Crippen LogP) is 3.61. The third kappa shape index (κ3) is 5.34. The Morgan fingerprint density at radius 2 is 1.96 bits per heavy atom. The molecule has 0 atom stereocenters. The van der Waals surface area contributed by atoms with Crippen LogP contribution in [0.4, 0.5) is 0 Å². The van der Waals surface area contributed by atoms with Crippen molar-refractivity contribution in [2.75, 3.05) is 13.7 Å². The molecule has 0 unspecified atom stereocenters. The molecule has 6 nitrogen and oxygen atoms in total. The summed E-state index contributed by atoms with van der Waals surface area (Å²) in [4.78, 5) is 9.14. The van der Waals surface area contributed by atoms with Crippen LogP contribution in [0, 0.1) is 0 Å². The van der Waals surface area contributed by atoms with E-state index in [1.54, 1.807) is 13.4 Å². The minimum Gasteiger partial charge on any atom is -0.497 e. The third-order valence-electron chi connectivity index (χ3n) is 3.91. The number of hydrogen-bond donors (Lipinski definition) is 2. The molecule has 2 aromatic carbocycles. The Morgan fingerprint density at radius 3 is 2.74 bits per heavy atom. The Bertz CT molecular complexity index is 875. The molecule has 1 aromatic heterocycles. The first-order valence-electron chi connectivity index (χ1n) is 8.93. The van der Waals surface area contributed by atoms with E-state index in [4.69, 9.17) is 9.15 Å². The summed E-state index contributed by atoms with van der Waals surface area (Å²) in [5.74, 6) is 2.17. The second-order valence-electron chi connectivity index (χ2n) is 5.91. The second kappa shape index (κ2) is 9.43. The van der Waals surface area contributed by atoms with E-state index in [2.05, 4.69) is 20.6 Å². The zero-order valence-electron chi connectivity index (χ0n) is 15.6. The highest BCUT2D eigenvalue weighted by atomic mass is 16.5. The highest BCUT2D eigenvalue weighted by Gasteiger charge is 2.07. The van der Waals surface area contributed by atoms with Gasteiger partial charge in [-0.25, -0.2) is 9.98 Å². The summed E-state index contributed by atoms with van der Waals surface area (Å²) in [5, 5.41) is 6.53. The van der Waals surface area contributed by atoms with Crippen molar-refractivity contribution >= 4 is 5.96 Å². The SMILES string of the molecule is CCNC(=NCc1cccc(OC)c1)NCc1coc(-c2ccccc2)n1. The van der Waals surface area contributed by atoms with Crippen molar-refractivity contribution in [2.24, 2.45) is 4.99 Å². The average Bonchev–Trinajstić information content (AvgIpc) is 3.20. The quantitative estimate of drug-likeness (QED) is 0.495. The normalized spacial score (nSPS) is 11.3. The first kappa shape index (κ1) is 18.5. The lowest BCUT2D eigenvalue weighted by Gasteiger charge is -2.10. The van der Waals surface area contributed by atoms with E-state index in [0.717, 1.165) is 35.1 Å². The number of ether oxygens (including phenoxy) is 1. The minimum absolute atomic E-state index is 0.528. The van der Waals surface area contributed by atoms with Gasteiger partial charge in [0.25, 0.3) is 0 Å². The number of guanidine groups is 1. The molecule has 0 saturated heterocycles.